The van der Waals surface area contributed by atoms with E-state index in [9.17, 15) is 19.5 Å². The van der Waals surface area contributed by atoms with Gasteiger partial charge in [0, 0.05) is 19.3 Å². The van der Waals surface area contributed by atoms with Gasteiger partial charge in [-0.25, -0.2) is 0 Å². The summed E-state index contributed by atoms with van der Waals surface area (Å²) in [6.45, 7) is 4.70. The van der Waals surface area contributed by atoms with Gasteiger partial charge in [-0.05, 0) is 44.9 Å². The van der Waals surface area contributed by atoms with Gasteiger partial charge in [0.1, 0.15) is 12.6 Å². The molecule has 0 heterocycles. The van der Waals surface area contributed by atoms with E-state index in [1.807, 2.05) is 21.1 Å². The summed E-state index contributed by atoms with van der Waals surface area (Å²) in [5, 5.41) is 11.7. The molecule has 8 heteroatoms. The van der Waals surface area contributed by atoms with E-state index in [0.29, 0.717) is 12.8 Å². The van der Waals surface area contributed by atoms with Crippen molar-refractivity contribution in [3.05, 3.63) is 24.3 Å². The molecule has 376 valence electrons. The van der Waals surface area contributed by atoms with Gasteiger partial charge < -0.3 is 28.6 Å². The van der Waals surface area contributed by atoms with Gasteiger partial charge in [-0.3, -0.25) is 9.59 Å². The minimum absolute atomic E-state index is 0.0420. The van der Waals surface area contributed by atoms with Crippen LogP contribution in [0.1, 0.15) is 264 Å². The van der Waals surface area contributed by atoms with Crippen LogP contribution in [-0.4, -0.2) is 75.5 Å². The van der Waals surface area contributed by atoms with Crippen molar-refractivity contribution in [2.75, 3.05) is 41.0 Å². The van der Waals surface area contributed by atoms with Crippen molar-refractivity contribution in [3.63, 3.8) is 0 Å². The molecule has 0 aromatic heterocycles. The molecule has 0 spiro atoms. The first-order chi connectivity index (χ1) is 31.1. The number of hydrogen-bond donors (Lipinski definition) is 0. The Kier molecular flexibility index (Phi) is 45.7. The monoisotopic (exact) mass is 904 g/mol. The lowest BCUT2D eigenvalue weighted by molar-refractivity contribution is -0.889. The van der Waals surface area contributed by atoms with Crippen molar-refractivity contribution < 1.29 is 38.2 Å². The van der Waals surface area contributed by atoms with Crippen LogP contribution in [0.2, 0.25) is 0 Å². The van der Waals surface area contributed by atoms with Gasteiger partial charge in [0.05, 0.1) is 40.3 Å². The Balaban J connectivity index is 4.20. The normalized spacial score (nSPS) is 13.0. The zero-order chi connectivity index (χ0) is 47.0. The first kappa shape index (κ1) is 61.8. The molecule has 0 bridgehead atoms. The molecular weight excluding hydrogens is 799 g/mol. The van der Waals surface area contributed by atoms with Gasteiger partial charge in [0.25, 0.3) is 0 Å². The number of allylic oxidation sites excluding steroid dienone is 4. The Bertz CT molecular complexity index is 1100. The first-order valence-electron chi connectivity index (χ1n) is 27.4. The average Bonchev–Trinajstić information content (AvgIpc) is 3.26. The summed E-state index contributed by atoms with van der Waals surface area (Å²) in [6.07, 6.45) is 55.0. The molecule has 0 aliphatic carbocycles. The van der Waals surface area contributed by atoms with Crippen LogP contribution in [0.15, 0.2) is 24.3 Å². The van der Waals surface area contributed by atoms with Crippen molar-refractivity contribution in [2.45, 2.75) is 276 Å². The van der Waals surface area contributed by atoms with Gasteiger partial charge in [0.15, 0.2) is 6.10 Å². The van der Waals surface area contributed by atoms with E-state index in [4.69, 9.17) is 14.2 Å². The molecule has 0 saturated heterocycles. The van der Waals surface area contributed by atoms with Gasteiger partial charge in [-0.15, -0.1) is 0 Å². The summed E-state index contributed by atoms with van der Waals surface area (Å²) in [6, 6.07) is -0.725. The van der Waals surface area contributed by atoms with Crippen LogP contribution in [0.4, 0.5) is 0 Å². The van der Waals surface area contributed by atoms with Crippen LogP contribution in [0, 0.1) is 0 Å². The third-order valence-corrected chi connectivity index (χ3v) is 12.6. The van der Waals surface area contributed by atoms with Crippen molar-refractivity contribution >= 4 is 17.9 Å². The summed E-state index contributed by atoms with van der Waals surface area (Å²) >= 11 is 0. The topological polar surface area (TPSA) is 102 Å². The van der Waals surface area contributed by atoms with Gasteiger partial charge in [-0.2, -0.15) is 0 Å². The number of carbonyl (C=O) groups excluding carboxylic acids is 3. The van der Waals surface area contributed by atoms with Crippen LogP contribution < -0.4 is 5.11 Å². The van der Waals surface area contributed by atoms with Crippen molar-refractivity contribution in [1.29, 1.82) is 0 Å². The molecule has 0 N–H and O–H groups in total. The fourth-order valence-corrected chi connectivity index (χ4v) is 8.34. The van der Waals surface area contributed by atoms with E-state index in [1.54, 1.807) is 0 Å². The van der Waals surface area contributed by atoms with E-state index in [2.05, 4.69) is 38.2 Å². The average molecular weight is 904 g/mol. The van der Waals surface area contributed by atoms with Crippen LogP contribution in [0.5, 0.6) is 0 Å². The van der Waals surface area contributed by atoms with E-state index in [0.717, 1.165) is 51.4 Å². The Labute approximate surface area is 396 Å². The number of nitrogens with zero attached hydrogens (tertiary/aromatic N) is 1. The molecule has 0 aromatic carbocycles. The molecule has 2 atom stereocenters. The van der Waals surface area contributed by atoms with Crippen LogP contribution in [-0.2, 0) is 28.6 Å². The Morgan fingerprint density at radius 2 is 0.828 bits per heavy atom. The maximum atomic E-state index is 12.8. The number of likely N-dealkylation sites (N-methyl/N-ethyl adjacent to an activating group) is 1. The molecule has 0 radical (unpaired) electrons. The fourth-order valence-electron chi connectivity index (χ4n) is 8.34. The second-order valence-corrected chi connectivity index (χ2v) is 19.8. The van der Waals surface area contributed by atoms with E-state index in [-0.39, 0.29) is 42.7 Å². The highest BCUT2D eigenvalue weighted by Gasteiger charge is 2.25. The predicted octanol–water partition coefficient (Wildman–Crippen LogP) is 14.6. The number of quaternary nitrogens is 1. The molecule has 0 fully saturated rings. The highest BCUT2D eigenvalue weighted by atomic mass is 16.6. The quantitative estimate of drug-likeness (QED) is 0.0259. The van der Waals surface area contributed by atoms with E-state index >= 15 is 0 Å². The third-order valence-electron chi connectivity index (χ3n) is 12.6. The van der Waals surface area contributed by atoms with Crippen molar-refractivity contribution in [1.82, 2.24) is 0 Å². The predicted molar refractivity (Wildman–Crippen MR) is 268 cm³/mol. The lowest BCUT2D eigenvalue weighted by atomic mass is 10.0. The van der Waals surface area contributed by atoms with Crippen molar-refractivity contribution in [2.24, 2.45) is 0 Å². The molecule has 64 heavy (non-hydrogen) atoms. The van der Waals surface area contributed by atoms with Gasteiger partial charge >= 0.3 is 11.9 Å². The smallest absolute Gasteiger partial charge is 0.306 e. The summed E-state index contributed by atoms with van der Waals surface area (Å²) in [4.78, 5) is 37.1. The highest BCUT2D eigenvalue weighted by Crippen LogP contribution is 2.16. The maximum Gasteiger partial charge on any atom is 0.306 e. The lowest BCUT2D eigenvalue weighted by Gasteiger charge is -2.34. The molecule has 2 unspecified atom stereocenters. The Morgan fingerprint density at radius 3 is 1.20 bits per heavy atom. The van der Waals surface area contributed by atoms with Gasteiger partial charge in [-0.1, -0.05) is 224 Å². The number of unbranched alkanes of at least 4 members (excludes halogenated alkanes) is 32. The molecule has 0 aromatic rings. The van der Waals surface area contributed by atoms with Crippen LogP contribution in [0.25, 0.3) is 0 Å². The number of aliphatic carboxylic acids is 1. The molecule has 8 nitrogen and oxygen atoms in total. The Hall–Kier alpha value is -2.19. The molecule has 0 aliphatic rings. The highest BCUT2D eigenvalue weighted by molar-refractivity contribution is 5.70. The minimum atomic E-state index is -1.12. The van der Waals surface area contributed by atoms with E-state index < -0.39 is 18.1 Å². The fraction of sp³-hybridized carbons (Fsp3) is 0.875. The van der Waals surface area contributed by atoms with Gasteiger partial charge in [0.2, 0.25) is 0 Å². The number of carboxylic acids is 1. The number of hydrogen-bond acceptors (Lipinski definition) is 7. The summed E-state index contributed by atoms with van der Waals surface area (Å²) in [5.74, 6) is -1.72. The first-order valence-corrected chi connectivity index (χ1v) is 27.4. The standard InChI is InChI=1S/C56H105NO7/c1-6-8-10-12-14-16-18-20-22-24-26-27-28-29-31-33-35-37-39-41-43-45-47-55(59)64-52(50-62-49-48-53(56(60)61)57(3,4)5)51-63-54(58)46-44-42-40-38-36-34-32-30-25-23-21-19-17-15-13-11-9-7-2/h24,26,28-29,52-53H,6-23,25,27,30-51H2,1-5H3/b26-24+,29-28+. The number of esters is 2. The number of carbonyl (C=O) groups is 3. The second kappa shape index (κ2) is 47.3. The summed E-state index contributed by atoms with van der Waals surface area (Å²) in [7, 11) is 5.42. The van der Waals surface area contributed by atoms with Crippen LogP contribution in [0.3, 0.4) is 0 Å². The third kappa shape index (κ3) is 45.0. The van der Waals surface area contributed by atoms with Crippen molar-refractivity contribution in [3.8, 4) is 0 Å². The number of carboxylic acid groups (broad SMARTS) is 1. The zero-order valence-corrected chi connectivity index (χ0v) is 43.0. The maximum absolute atomic E-state index is 12.8. The lowest BCUT2D eigenvalue weighted by Crippen LogP contribution is -2.55. The summed E-state index contributed by atoms with van der Waals surface area (Å²) < 4.78 is 17.3. The molecule has 0 amide bonds. The molecule has 0 saturated carbocycles. The number of ether oxygens (including phenoxy) is 3. The molecule has 0 aliphatic heterocycles. The minimum Gasteiger partial charge on any atom is -0.544 e. The summed E-state index contributed by atoms with van der Waals surface area (Å²) in [5.41, 5.74) is 0. The Morgan fingerprint density at radius 1 is 0.469 bits per heavy atom. The molecule has 0 rings (SSSR count). The SMILES string of the molecule is CCCCCCCCCC/C=C/C/C=C/CCCCCCCCCC(=O)OC(COCCC(C(=O)[O-])[N+](C)(C)C)COC(=O)CCCCCCCCCCCCCCCCCCCC. The second-order valence-electron chi connectivity index (χ2n) is 19.8. The van der Waals surface area contributed by atoms with E-state index in [1.165, 1.54) is 180 Å². The number of rotatable bonds is 50. The molecular formula is C56H105NO7. The zero-order valence-electron chi connectivity index (χ0n) is 43.0. The largest absolute Gasteiger partial charge is 0.544 e. The van der Waals surface area contributed by atoms with Crippen LogP contribution >= 0.6 is 0 Å².